The fourth-order valence-corrected chi connectivity index (χ4v) is 14.8. The first-order chi connectivity index (χ1) is 62.7. The lowest BCUT2D eigenvalue weighted by Crippen LogP contribution is -2.62. The monoisotopic (exact) mass is 1850 g/mol. The van der Waals surface area contributed by atoms with Gasteiger partial charge in [0.05, 0.1) is 75.1 Å². The van der Waals surface area contributed by atoms with Gasteiger partial charge in [0.25, 0.3) is 23.6 Å². The Morgan fingerprint density at radius 3 is 0.727 bits per heavy atom. The van der Waals surface area contributed by atoms with E-state index >= 15 is 19.2 Å². The summed E-state index contributed by atoms with van der Waals surface area (Å²) in [5.41, 5.74) is -0.242. The standard InChI is InChI=1S/C94H88F12N4O22/c1-9-51(7)81(83(115)107-89(91(95,96)97)92(98,99)100)109-85(117)61-47-65(129-57-23-15-53(16-24-57)31-35-121-39-43-125-69(111)11-3)75-77-67(131-59-27-19-55(20-28-59)33-37-123-41-45-127-71(113)13-5)49-63-74-64(88(120)110(87(63)119)82(52(8)10-2)84(116)108-90(93(101,102)103)94(104,105)106)50-68(132-60-29-21-56(22-30-60)34-38-124-42-46-128-72(114)14-6)78(80(74)77)76-66(48-62(86(109)118)73(61)79(75)76)130-58-25-17-54(18-26-58)32-36-122-40-44-126-70(112)12-4/h11-30,47-52,81-82,89-90H,3-6,9-10,31-46H2,1-2,7-8H3,(H,107,115)(H,108,116). The number of halogens is 12. The summed E-state index contributed by atoms with van der Waals surface area (Å²) < 4.78 is 247. The van der Waals surface area contributed by atoms with Crippen molar-refractivity contribution in [2.45, 2.75) is 115 Å². The summed E-state index contributed by atoms with van der Waals surface area (Å²) >= 11 is 0. The van der Waals surface area contributed by atoms with Crippen LogP contribution in [0.3, 0.4) is 0 Å². The summed E-state index contributed by atoms with van der Waals surface area (Å²) in [5, 5.41) is -0.494. The van der Waals surface area contributed by atoms with E-state index in [1.807, 2.05) is 0 Å². The molecule has 0 saturated carbocycles. The molecule has 9 aromatic carbocycles. The Balaban J connectivity index is 1.26. The van der Waals surface area contributed by atoms with Crippen LogP contribution in [0.15, 0.2) is 172 Å². The van der Waals surface area contributed by atoms with Crippen molar-refractivity contribution in [3.63, 3.8) is 0 Å². The van der Waals surface area contributed by atoms with Crippen LogP contribution in [0, 0.1) is 11.8 Å². The Morgan fingerprint density at radius 1 is 0.326 bits per heavy atom. The number of nitrogens with one attached hydrogen (secondary N) is 2. The molecule has 0 radical (unpaired) electrons. The van der Waals surface area contributed by atoms with Gasteiger partial charge in [-0.25, -0.2) is 19.2 Å². The van der Waals surface area contributed by atoms with Crippen molar-refractivity contribution in [3.05, 3.63) is 216 Å². The van der Waals surface area contributed by atoms with Crippen LogP contribution in [0.1, 0.15) is 104 Å². The number of amides is 6. The van der Waals surface area contributed by atoms with Gasteiger partial charge in [-0.15, -0.1) is 0 Å². The third kappa shape index (κ3) is 23.3. The molecule has 2 heterocycles. The minimum atomic E-state index is -6.22. The molecule has 2 aliphatic rings. The number of hydrogen-bond acceptors (Lipinski definition) is 22. The van der Waals surface area contributed by atoms with E-state index in [0.29, 0.717) is 22.3 Å². The van der Waals surface area contributed by atoms with E-state index < -0.39 is 176 Å². The predicted molar refractivity (Wildman–Crippen MR) is 452 cm³/mol. The Hall–Kier alpha value is -13.5. The Kier molecular flexibility index (Phi) is 32.3. The van der Waals surface area contributed by atoms with E-state index in [9.17, 15) is 81.5 Å². The second-order valence-corrected chi connectivity index (χ2v) is 30.3. The van der Waals surface area contributed by atoms with E-state index in [2.05, 4.69) is 26.3 Å². The average molecular weight is 1850 g/mol. The number of alkyl halides is 12. The van der Waals surface area contributed by atoms with Crippen LogP contribution in [0.5, 0.6) is 46.0 Å². The van der Waals surface area contributed by atoms with Crippen molar-refractivity contribution in [2.75, 3.05) is 79.3 Å². The fraction of sp³-hybridized carbons (Fsp3) is 0.340. The van der Waals surface area contributed by atoms with Gasteiger partial charge in [0.15, 0.2) is 0 Å². The molecule has 11 rings (SSSR count). The highest BCUT2D eigenvalue weighted by atomic mass is 19.4. The van der Waals surface area contributed by atoms with Crippen LogP contribution in [-0.4, -0.2) is 197 Å². The molecule has 2 aliphatic heterocycles. The first kappa shape index (κ1) is 99.1. The van der Waals surface area contributed by atoms with Crippen LogP contribution in [0.25, 0.3) is 43.1 Å². The van der Waals surface area contributed by atoms with Crippen molar-refractivity contribution in [2.24, 2.45) is 11.8 Å². The van der Waals surface area contributed by atoms with E-state index in [-0.39, 0.29) is 183 Å². The van der Waals surface area contributed by atoms with Crippen LogP contribution < -0.4 is 29.6 Å². The summed E-state index contributed by atoms with van der Waals surface area (Å²) in [6, 6.07) is 14.1. The first-order valence-electron chi connectivity index (χ1n) is 41.3. The lowest BCUT2D eigenvalue weighted by atomic mass is 9.80. The zero-order chi connectivity index (χ0) is 95.8. The second-order valence-electron chi connectivity index (χ2n) is 30.3. The van der Waals surface area contributed by atoms with Crippen molar-refractivity contribution in [1.82, 2.24) is 20.4 Å². The smallest absolute Gasteiger partial charge is 0.417 e. The quantitative estimate of drug-likeness (QED) is 0.00523. The summed E-state index contributed by atoms with van der Waals surface area (Å²) in [5.74, 6) is -18.4. The summed E-state index contributed by atoms with van der Waals surface area (Å²) in [4.78, 5) is 143. The third-order valence-corrected chi connectivity index (χ3v) is 21.6. The van der Waals surface area contributed by atoms with E-state index in [1.165, 1.54) is 76.2 Å². The molecule has 0 fully saturated rings. The Labute approximate surface area is 745 Å². The van der Waals surface area contributed by atoms with Crippen molar-refractivity contribution in [1.29, 1.82) is 0 Å². The molecule has 2 N–H and O–H groups in total. The van der Waals surface area contributed by atoms with Gasteiger partial charge in [-0.1, -0.05) is 115 Å². The molecule has 132 heavy (non-hydrogen) atoms. The maximum Gasteiger partial charge on any atom is 0.417 e. The minimum Gasteiger partial charge on any atom is -0.460 e. The molecule has 4 atom stereocenters. The Bertz CT molecular complexity index is 5160. The molecule has 6 amide bonds. The lowest BCUT2D eigenvalue weighted by Gasteiger charge is -2.38. The largest absolute Gasteiger partial charge is 0.460 e. The molecule has 0 saturated heterocycles. The summed E-state index contributed by atoms with van der Waals surface area (Å²) in [6.07, 6.45) is -20.8. The number of ether oxygens (including phenoxy) is 12. The predicted octanol–water partition coefficient (Wildman–Crippen LogP) is 17.3. The SMILES string of the molecule is C=CC(=O)OCCOCCc1ccc(Oc2cc3c4c(cc(Oc5ccc(CCOCCOC(=O)C=C)cc5)c5c6c(Oc7ccc(CCOCCOC(=O)C=C)cc7)cc7c8c(cc(Oc9ccc(CCOCCOC(=O)C=C)cc9)c(c2c45)c86)C(=O)N(C(C(=O)NC(C(F)(F)F)C(F)(F)F)C(C)CC)C7=O)C(=O)N(C(C(=O)NC(C(F)(F)F)C(F)(F)F)C(C)CC)C3=O)cc1. The number of carbonyl (C=O) groups excluding carboxylic acids is 10. The maximum atomic E-state index is 16.4. The average Bonchev–Trinajstić information content (AvgIpc) is 0.668. The van der Waals surface area contributed by atoms with Gasteiger partial charge in [0, 0.05) is 67.4 Å². The number of carbonyl (C=O) groups is 10. The normalized spacial score (nSPS) is 13.9. The van der Waals surface area contributed by atoms with Crippen molar-refractivity contribution >= 4 is 102 Å². The van der Waals surface area contributed by atoms with E-state index in [4.69, 9.17) is 56.8 Å². The number of nitrogens with zero attached hydrogens (tertiary/aromatic N) is 2. The topological polar surface area (TPSA) is 312 Å². The fourth-order valence-electron chi connectivity index (χ4n) is 14.8. The zero-order valence-corrected chi connectivity index (χ0v) is 71.3. The molecule has 0 bridgehead atoms. The van der Waals surface area contributed by atoms with Gasteiger partial charge < -0.3 is 67.5 Å². The molecule has 26 nitrogen and oxygen atoms in total. The number of rotatable bonds is 46. The third-order valence-electron chi connectivity index (χ3n) is 21.6. The lowest BCUT2D eigenvalue weighted by molar-refractivity contribution is -0.259. The molecule has 700 valence electrons. The number of esters is 4. The Morgan fingerprint density at radius 2 is 0.538 bits per heavy atom. The zero-order valence-electron chi connectivity index (χ0n) is 71.3. The molecule has 0 spiro atoms. The van der Waals surface area contributed by atoms with Crippen LogP contribution in [0.2, 0.25) is 0 Å². The van der Waals surface area contributed by atoms with Crippen molar-refractivity contribution in [3.8, 4) is 46.0 Å². The van der Waals surface area contributed by atoms with Gasteiger partial charge in [0.2, 0.25) is 23.9 Å². The first-order valence-corrected chi connectivity index (χ1v) is 41.3. The highest BCUT2D eigenvalue weighted by molar-refractivity contribution is 6.45. The summed E-state index contributed by atoms with van der Waals surface area (Å²) in [6.45, 7) is 18.1. The van der Waals surface area contributed by atoms with Gasteiger partial charge in [0.1, 0.15) is 84.5 Å². The molecule has 0 aromatic heterocycles. The molecule has 38 heteroatoms. The highest BCUT2D eigenvalue weighted by Crippen LogP contribution is 2.59. The molecular weight excluding hydrogens is 1770 g/mol. The number of fused-ring (bicyclic) bond motifs is 2. The highest BCUT2D eigenvalue weighted by Gasteiger charge is 2.61. The number of hydrogen-bond donors (Lipinski definition) is 2. The molecule has 9 aromatic rings. The maximum absolute atomic E-state index is 16.4. The van der Waals surface area contributed by atoms with E-state index in [0.717, 1.165) is 59.2 Å². The van der Waals surface area contributed by atoms with Gasteiger partial charge >= 0.3 is 48.6 Å². The number of imide groups is 2. The molecule has 0 aliphatic carbocycles. The van der Waals surface area contributed by atoms with Gasteiger partial charge in [-0.2, -0.15) is 52.7 Å². The van der Waals surface area contributed by atoms with Crippen molar-refractivity contribution < 1.29 is 157 Å². The van der Waals surface area contributed by atoms with Gasteiger partial charge in [-0.05, 0) is 133 Å². The van der Waals surface area contributed by atoms with Crippen LogP contribution >= 0.6 is 0 Å². The minimum absolute atomic E-state index is 0.0327. The van der Waals surface area contributed by atoms with Crippen LogP contribution in [-0.2, 0) is 92.3 Å². The second kappa shape index (κ2) is 43.1. The van der Waals surface area contributed by atoms with Crippen LogP contribution in [0.4, 0.5) is 52.7 Å². The van der Waals surface area contributed by atoms with Gasteiger partial charge in [-0.3, -0.25) is 38.6 Å². The molecule has 4 unspecified atom stereocenters. The van der Waals surface area contributed by atoms with E-state index in [1.54, 1.807) is 48.5 Å². The number of benzene rings is 9. The summed E-state index contributed by atoms with van der Waals surface area (Å²) in [7, 11) is 0. The molecular formula is C94H88F12N4O22.